The minimum absolute atomic E-state index is 0.0333. The molecule has 0 fully saturated rings. The zero-order valence-electron chi connectivity index (χ0n) is 9.57. The van der Waals surface area contributed by atoms with E-state index in [4.69, 9.17) is 10.5 Å². The van der Waals surface area contributed by atoms with E-state index in [1.54, 1.807) is 6.20 Å². The molecule has 0 bridgehead atoms. The van der Waals surface area contributed by atoms with Crippen molar-refractivity contribution in [2.75, 3.05) is 6.61 Å². The van der Waals surface area contributed by atoms with E-state index in [-0.39, 0.29) is 6.04 Å². The van der Waals surface area contributed by atoms with Crippen LogP contribution < -0.4 is 10.5 Å². The summed E-state index contributed by atoms with van der Waals surface area (Å²) < 4.78 is 5.53. The van der Waals surface area contributed by atoms with Crippen LogP contribution in [0.4, 0.5) is 0 Å². The second-order valence-corrected chi connectivity index (χ2v) is 3.77. The largest absolute Gasteiger partial charge is 0.478 e. The van der Waals surface area contributed by atoms with Gasteiger partial charge in [-0.15, -0.1) is 0 Å². The molecule has 84 valence electrons. The lowest BCUT2D eigenvalue weighted by Crippen LogP contribution is -2.06. The molecule has 1 aromatic rings. The van der Waals surface area contributed by atoms with E-state index in [0.717, 1.165) is 18.6 Å². The van der Waals surface area contributed by atoms with Crippen LogP contribution in [0.1, 0.15) is 44.7 Å². The third kappa shape index (κ3) is 4.30. The summed E-state index contributed by atoms with van der Waals surface area (Å²) in [5.74, 6) is 0.681. The smallest absolute Gasteiger partial charge is 0.213 e. The summed E-state index contributed by atoms with van der Waals surface area (Å²) in [7, 11) is 0. The highest BCUT2D eigenvalue weighted by Gasteiger charge is 2.01. The second kappa shape index (κ2) is 6.40. The molecule has 15 heavy (non-hydrogen) atoms. The predicted octanol–water partition coefficient (Wildman–Crippen LogP) is 2.67. The number of nitrogens with zero attached hydrogens (tertiary/aromatic N) is 1. The van der Waals surface area contributed by atoms with Crippen molar-refractivity contribution in [3.05, 3.63) is 23.9 Å². The number of rotatable bonds is 6. The van der Waals surface area contributed by atoms with Gasteiger partial charge in [-0.1, -0.05) is 19.8 Å². The van der Waals surface area contributed by atoms with Crippen molar-refractivity contribution in [2.45, 2.75) is 39.2 Å². The molecular formula is C12H20N2O. The molecule has 1 rings (SSSR count). The van der Waals surface area contributed by atoms with Crippen LogP contribution in [-0.2, 0) is 0 Å². The molecule has 0 unspecified atom stereocenters. The highest BCUT2D eigenvalue weighted by Crippen LogP contribution is 2.14. The van der Waals surface area contributed by atoms with Crippen molar-refractivity contribution in [1.82, 2.24) is 4.98 Å². The van der Waals surface area contributed by atoms with Crippen LogP contribution in [0.2, 0.25) is 0 Å². The number of unbranched alkanes of at least 4 members (excludes halogenated alkanes) is 2. The molecule has 1 aromatic heterocycles. The van der Waals surface area contributed by atoms with Gasteiger partial charge in [0, 0.05) is 18.3 Å². The Bertz CT molecular complexity index is 287. The van der Waals surface area contributed by atoms with Crippen LogP contribution in [-0.4, -0.2) is 11.6 Å². The Balaban J connectivity index is 2.43. The number of aromatic nitrogens is 1. The molecule has 3 nitrogen and oxygen atoms in total. The third-order valence-corrected chi connectivity index (χ3v) is 2.28. The molecule has 1 heterocycles. The normalized spacial score (nSPS) is 12.5. The van der Waals surface area contributed by atoms with Crippen molar-refractivity contribution in [3.8, 4) is 5.88 Å². The molecule has 1 atom stereocenters. The molecule has 0 aromatic carbocycles. The first-order valence-electron chi connectivity index (χ1n) is 5.58. The van der Waals surface area contributed by atoms with Gasteiger partial charge in [0.05, 0.1) is 6.61 Å². The van der Waals surface area contributed by atoms with Crippen molar-refractivity contribution in [3.63, 3.8) is 0 Å². The van der Waals surface area contributed by atoms with Gasteiger partial charge in [0.25, 0.3) is 0 Å². The van der Waals surface area contributed by atoms with Crippen molar-refractivity contribution in [2.24, 2.45) is 5.73 Å². The minimum Gasteiger partial charge on any atom is -0.478 e. The Morgan fingerprint density at radius 2 is 2.27 bits per heavy atom. The SMILES string of the molecule is CCCCCOc1cc([C@@H](C)N)ccn1. The van der Waals surface area contributed by atoms with Crippen LogP contribution in [0.3, 0.4) is 0 Å². The quantitative estimate of drug-likeness (QED) is 0.731. The standard InChI is InChI=1S/C12H20N2O/c1-3-4-5-8-15-12-9-11(10(2)13)6-7-14-12/h6-7,9-10H,3-5,8,13H2,1-2H3/t10-/m1/s1. The molecule has 0 radical (unpaired) electrons. The highest BCUT2D eigenvalue weighted by atomic mass is 16.5. The number of ether oxygens (including phenoxy) is 1. The zero-order chi connectivity index (χ0) is 11.1. The highest BCUT2D eigenvalue weighted by molar-refractivity contribution is 5.22. The summed E-state index contributed by atoms with van der Waals surface area (Å²) in [6, 6.07) is 3.87. The summed E-state index contributed by atoms with van der Waals surface area (Å²) in [5, 5.41) is 0. The Labute approximate surface area is 91.7 Å². The Kier molecular flexibility index (Phi) is 5.12. The molecule has 0 amide bonds. The average molecular weight is 208 g/mol. The van der Waals surface area contributed by atoms with E-state index in [0.29, 0.717) is 5.88 Å². The average Bonchev–Trinajstić information content (AvgIpc) is 2.25. The fourth-order valence-corrected chi connectivity index (χ4v) is 1.32. The van der Waals surface area contributed by atoms with Crippen LogP contribution in [0.25, 0.3) is 0 Å². The number of nitrogens with two attached hydrogens (primary N) is 1. The van der Waals surface area contributed by atoms with E-state index < -0.39 is 0 Å². The lowest BCUT2D eigenvalue weighted by atomic mass is 10.1. The summed E-state index contributed by atoms with van der Waals surface area (Å²) in [6.45, 7) is 4.87. The van der Waals surface area contributed by atoms with E-state index in [1.807, 2.05) is 19.1 Å². The van der Waals surface area contributed by atoms with E-state index in [2.05, 4.69) is 11.9 Å². The zero-order valence-corrected chi connectivity index (χ0v) is 9.57. The molecule has 0 spiro atoms. The van der Waals surface area contributed by atoms with Crippen molar-refractivity contribution >= 4 is 0 Å². The fourth-order valence-electron chi connectivity index (χ4n) is 1.32. The summed E-state index contributed by atoms with van der Waals surface area (Å²) in [5.41, 5.74) is 6.84. The van der Waals surface area contributed by atoms with Gasteiger partial charge >= 0.3 is 0 Å². The third-order valence-electron chi connectivity index (χ3n) is 2.28. The van der Waals surface area contributed by atoms with Gasteiger partial charge in [0.1, 0.15) is 0 Å². The number of hydrogen-bond acceptors (Lipinski definition) is 3. The Morgan fingerprint density at radius 3 is 2.93 bits per heavy atom. The Morgan fingerprint density at radius 1 is 1.47 bits per heavy atom. The van der Waals surface area contributed by atoms with Crippen molar-refractivity contribution < 1.29 is 4.74 Å². The first-order valence-corrected chi connectivity index (χ1v) is 5.58. The summed E-state index contributed by atoms with van der Waals surface area (Å²) in [4.78, 5) is 4.14. The van der Waals surface area contributed by atoms with Gasteiger partial charge in [-0.3, -0.25) is 0 Å². The minimum atomic E-state index is 0.0333. The van der Waals surface area contributed by atoms with Crippen LogP contribution >= 0.6 is 0 Å². The topological polar surface area (TPSA) is 48.1 Å². The molecule has 0 aliphatic rings. The van der Waals surface area contributed by atoms with Gasteiger partial charge in [-0.25, -0.2) is 4.98 Å². The first kappa shape index (κ1) is 12.0. The molecule has 0 aliphatic carbocycles. The van der Waals surface area contributed by atoms with Crippen LogP contribution in [0.15, 0.2) is 18.3 Å². The van der Waals surface area contributed by atoms with Gasteiger partial charge in [0.15, 0.2) is 0 Å². The molecule has 0 saturated carbocycles. The molecular weight excluding hydrogens is 188 g/mol. The summed E-state index contributed by atoms with van der Waals surface area (Å²) >= 11 is 0. The first-order chi connectivity index (χ1) is 7.24. The van der Waals surface area contributed by atoms with E-state index in [1.165, 1.54) is 12.8 Å². The second-order valence-electron chi connectivity index (χ2n) is 3.77. The summed E-state index contributed by atoms with van der Waals surface area (Å²) in [6.07, 6.45) is 5.23. The maximum atomic E-state index is 5.78. The maximum Gasteiger partial charge on any atom is 0.213 e. The van der Waals surface area contributed by atoms with Gasteiger partial charge < -0.3 is 10.5 Å². The van der Waals surface area contributed by atoms with Gasteiger partial charge in [0.2, 0.25) is 5.88 Å². The molecule has 0 aliphatic heterocycles. The van der Waals surface area contributed by atoms with Crippen LogP contribution in [0.5, 0.6) is 5.88 Å². The predicted molar refractivity (Wildman–Crippen MR) is 61.9 cm³/mol. The lowest BCUT2D eigenvalue weighted by Gasteiger charge is -2.08. The fraction of sp³-hybridized carbons (Fsp3) is 0.583. The van der Waals surface area contributed by atoms with Crippen molar-refractivity contribution in [1.29, 1.82) is 0 Å². The molecule has 2 N–H and O–H groups in total. The van der Waals surface area contributed by atoms with Crippen LogP contribution in [0, 0.1) is 0 Å². The Hall–Kier alpha value is -1.09. The monoisotopic (exact) mass is 208 g/mol. The van der Waals surface area contributed by atoms with E-state index >= 15 is 0 Å². The van der Waals surface area contributed by atoms with E-state index in [9.17, 15) is 0 Å². The number of hydrogen-bond donors (Lipinski definition) is 1. The van der Waals surface area contributed by atoms with Gasteiger partial charge in [-0.05, 0) is 25.0 Å². The molecule has 0 saturated heterocycles. The maximum absolute atomic E-state index is 5.78. The lowest BCUT2D eigenvalue weighted by molar-refractivity contribution is 0.294. The molecule has 3 heteroatoms. The number of pyridine rings is 1. The van der Waals surface area contributed by atoms with Gasteiger partial charge in [-0.2, -0.15) is 0 Å².